The lowest BCUT2D eigenvalue weighted by atomic mass is 10.4. The van der Waals surface area contributed by atoms with Crippen molar-refractivity contribution in [2.45, 2.75) is 12.6 Å². The van der Waals surface area contributed by atoms with Crippen LogP contribution in [0.15, 0.2) is 0 Å². The molecule has 0 rings (SSSR count). The summed E-state index contributed by atoms with van der Waals surface area (Å²) in [5.74, 6) is -4.65. The Morgan fingerprint density at radius 1 is 1.25 bits per heavy atom. The first-order chi connectivity index (χ1) is 7.23. The second-order valence-electron chi connectivity index (χ2n) is 2.54. The van der Waals surface area contributed by atoms with E-state index in [9.17, 15) is 27.6 Å². The van der Waals surface area contributed by atoms with Gasteiger partial charge in [-0.25, -0.2) is 0 Å². The van der Waals surface area contributed by atoms with Crippen LogP contribution in [0, 0.1) is 0 Å². The third kappa shape index (κ3) is 6.62. The van der Waals surface area contributed by atoms with E-state index in [1.807, 2.05) is 0 Å². The van der Waals surface area contributed by atoms with Crippen LogP contribution in [0.1, 0.15) is 6.42 Å². The van der Waals surface area contributed by atoms with Crippen LogP contribution in [-0.4, -0.2) is 42.3 Å². The summed E-state index contributed by atoms with van der Waals surface area (Å²) in [6, 6.07) is 0. The predicted molar refractivity (Wildman–Crippen MR) is 42.3 cm³/mol. The summed E-state index contributed by atoms with van der Waals surface area (Å²) in [5, 5.41) is 9.56. The number of nitrogens with one attached hydrogen (secondary N) is 1. The van der Waals surface area contributed by atoms with Crippen molar-refractivity contribution < 1.29 is 37.4 Å². The van der Waals surface area contributed by atoms with Crippen LogP contribution in [0.5, 0.6) is 0 Å². The number of hydrogen-bond acceptors (Lipinski definition) is 4. The largest absolute Gasteiger partial charge is 0.481 e. The highest BCUT2D eigenvalue weighted by Crippen LogP contribution is 2.13. The average molecular weight is 243 g/mol. The number of carbonyl (C=O) groups excluding carboxylic acids is 2. The molecule has 2 N–H and O–H groups in total. The molecule has 16 heavy (non-hydrogen) atoms. The molecule has 0 aromatic carbocycles. The second kappa shape index (κ2) is 5.93. The van der Waals surface area contributed by atoms with Crippen LogP contribution in [0.25, 0.3) is 0 Å². The minimum atomic E-state index is -4.99. The fourth-order valence-corrected chi connectivity index (χ4v) is 0.604. The molecule has 92 valence electrons. The molecule has 0 aliphatic rings. The van der Waals surface area contributed by atoms with Crippen molar-refractivity contribution in [1.82, 2.24) is 5.32 Å². The first-order valence-electron chi connectivity index (χ1n) is 3.96. The lowest BCUT2D eigenvalue weighted by molar-refractivity contribution is -0.174. The Bertz CT molecular complexity index is 288. The predicted octanol–water partition coefficient (Wildman–Crippen LogP) is -0.317. The molecule has 0 aromatic heterocycles. The Labute approximate surface area is 87.4 Å². The van der Waals surface area contributed by atoms with Gasteiger partial charge in [0.25, 0.3) is 0 Å². The first kappa shape index (κ1) is 14.2. The van der Waals surface area contributed by atoms with Gasteiger partial charge in [-0.05, 0) is 0 Å². The van der Waals surface area contributed by atoms with E-state index in [4.69, 9.17) is 5.11 Å². The summed E-state index contributed by atoms with van der Waals surface area (Å²) >= 11 is 0. The van der Waals surface area contributed by atoms with Gasteiger partial charge in [-0.1, -0.05) is 0 Å². The van der Waals surface area contributed by atoms with Crippen molar-refractivity contribution in [1.29, 1.82) is 0 Å². The van der Waals surface area contributed by atoms with Crippen molar-refractivity contribution >= 4 is 17.8 Å². The number of esters is 1. The maximum absolute atomic E-state index is 11.6. The van der Waals surface area contributed by atoms with Gasteiger partial charge >= 0.3 is 24.0 Å². The standard InChI is InChI=1S/C7H8F3NO5/c8-7(9,10)6(15)11-1-2-16-5(14)3-4(12)13/h1-3H2,(H,11,15)(H,12,13). The van der Waals surface area contributed by atoms with Crippen LogP contribution >= 0.6 is 0 Å². The van der Waals surface area contributed by atoms with Gasteiger partial charge in [-0.2, -0.15) is 13.2 Å². The highest BCUT2D eigenvalue weighted by Gasteiger charge is 2.38. The Morgan fingerprint density at radius 3 is 2.25 bits per heavy atom. The SMILES string of the molecule is O=C(O)CC(=O)OCCNC(=O)C(F)(F)F. The van der Waals surface area contributed by atoms with Gasteiger partial charge in [-0.15, -0.1) is 0 Å². The maximum atomic E-state index is 11.6. The molecule has 0 aromatic rings. The Morgan fingerprint density at radius 2 is 1.81 bits per heavy atom. The van der Waals surface area contributed by atoms with Crippen LogP contribution in [0.4, 0.5) is 13.2 Å². The fourth-order valence-electron chi connectivity index (χ4n) is 0.604. The zero-order chi connectivity index (χ0) is 12.8. The van der Waals surface area contributed by atoms with Crippen LogP contribution in [0.2, 0.25) is 0 Å². The summed E-state index contributed by atoms with van der Waals surface area (Å²) in [5.41, 5.74) is 0. The minimum absolute atomic E-state index is 0.520. The fraction of sp³-hybridized carbons (Fsp3) is 0.571. The molecule has 0 spiro atoms. The quantitative estimate of drug-likeness (QED) is 0.392. The normalized spacial score (nSPS) is 10.7. The monoisotopic (exact) mass is 243 g/mol. The molecule has 0 fully saturated rings. The van der Waals surface area contributed by atoms with E-state index in [0.717, 1.165) is 0 Å². The smallest absolute Gasteiger partial charge is 0.471 e. The Kier molecular flexibility index (Phi) is 5.26. The lowest BCUT2D eigenvalue weighted by Gasteiger charge is -2.07. The van der Waals surface area contributed by atoms with E-state index in [-0.39, 0.29) is 0 Å². The minimum Gasteiger partial charge on any atom is -0.481 e. The van der Waals surface area contributed by atoms with Crippen LogP contribution in [0.3, 0.4) is 0 Å². The summed E-state index contributed by atoms with van der Waals surface area (Å²) < 4.78 is 39.0. The molecule has 0 aliphatic heterocycles. The number of rotatable bonds is 5. The number of alkyl halides is 3. The van der Waals surface area contributed by atoms with E-state index in [0.29, 0.717) is 0 Å². The molecular formula is C7H8F3NO5. The second-order valence-corrected chi connectivity index (χ2v) is 2.54. The molecule has 0 aliphatic carbocycles. The van der Waals surface area contributed by atoms with E-state index >= 15 is 0 Å². The van der Waals surface area contributed by atoms with Gasteiger partial charge in [0.05, 0.1) is 6.54 Å². The summed E-state index contributed by atoms with van der Waals surface area (Å²) in [6.45, 7) is -1.06. The van der Waals surface area contributed by atoms with Crippen molar-refractivity contribution in [3.05, 3.63) is 0 Å². The van der Waals surface area contributed by atoms with Gasteiger partial charge in [-0.3, -0.25) is 14.4 Å². The van der Waals surface area contributed by atoms with E-state index in [1.54, 1.807) is 0 Å². The summed E-state index contributed by atoms with van der Waals surface area (Å²) in [6.07, 6.45) is -5.88. The zero-order valence-electron chi connectivity index (χ0n) is 7.84. The molecule has 0 saturated carbocycles. The number of aliphatic carboxylic acids is 1. The third-order valence-corrected chi connectivity index (χ3v) is 1.20. The Balaban J connectivity index is 3.65. The van der Waals surface area contributed by atoms with E-state index < -0.39 is 43.6 Å². The third-order valence-electron chi connectivity index (χ3n) is 1.20. The van der Waals surface area contributed by atoms with Crippen LogP contribution < -0.4 is 5.32 Å². The zero-order valence-corrected chi connectivity index (χ0v) is 7.84. The topological polar surface area (TPSA) is 92.7 Å². The molecule has 0 saturated heterocycles. The van der Waals surface area contributed by atoms with Crippen molar-refractivity contribution in [2.75, 3.05) is 13.2 Å². The summed E-state index contributed by atoms with van der Waals surface area (Å²) in [7, 11) is 0. The van der Waals surface area contributed by atoms with Gasteiger partial charge < -0.3 is 15.2 Å². The Hall–Kier alpha value is -1.80. The van der Waals surface area contributed by atoms with E-state index in [1.165, 1.54) is 5.32 Å². The number of hydrogen-bond donors (Lipinski definition) is 2. The molecule has 0 bridgehead atoms. The molecule has 0 radical (unpaired) electrons. The van der Waals surface area contributed by atoms with Gasteiger partial charge in [0.15, 0.2) is 0 Å². The van der Waals surface area contributed by atoms with E-state index in [2.05, 4.69) is 4.74 Å². The van der Waals surface area contributed by atoms with Crippen LogP contribution in [-0.2, 0) is 19.1 Å². The highest BCUT2D eigenvalue weighted by molar-refractivity contribution is 5.90. The number of amides is 1. The van der Waals surface area contributed by atoms with Crippen molar-refractivity contribution in [3.8, 4) is 0 Å². The first-order valence-corrected chi connectivity index (χ1v) is 3.96. The summed E-state index contributed by atoms with van der Waals surface area (Å²) in [4.78, 5) is 30.7. The van der Waals surface area contributed by atoms with Crippen molar-refractivity contribution in [3.63, 3.8) is 0 Å². The number of halogens is 3. The van der Waals surface area contributed by atoms with Crippen molar-refractivity contribution in [2.24, 2.45) is 0 Å². The van der Waals surface area contributed by atoms with Gasteiger partial charge in [0.2, 0.25) is 0 Å². The lowest BCUT2D eigenvalue weighted by Crippen LogP contribution is -2.38. The number of carboxylic acid groups (broad SMARTS) is 1. The highest BCUT2D eigenvalue weighted by atomic mass is 19.4. The molecule has 0 atom stereocenters. The van der Waals surface area contributed by atoms with Gasteiger partial charge in [0.1, 0.15) is 13.0 Å². The average Bonchev–Trinajstić information content (AvgIpc) is 2.09. The number of carboxylic acids is 1. The molecule has 1 amide bonds. The number of ether oxygens (including phenoxy) is 1. The molecule has 0 heterocycles. The number of carbonyl (C=O) groups is 3. The van der Waals surface area contributed by atoms with Gasteiger partial charge in [0, 0.05) is 0 Å². The molecule has 6 nitrogen and oxygen atoms in total. The molecule has 9 heteroatoms. The molecular weight excluding hydrogens is 235 g/mol. The maximum Gasteiger partial charge on any atom is 0.471 e. The molecule has 0 unspecified atom stereocenters.